The normalized spacial score (nSPS) is 13.9. The standard InChI is InChI=1S/C13H20O2/c1-13(2,8-9-14)12(15)10-11-6-4-3-5-7-11/h3-7,12,14-15H,8-10H2,1-2H3. The highest BCUT2D eigenvalue weighted by Crippen LogP contribution is 2.27. The van der Waals surface area contributed by atoms with Gasteiger partial charge in [0.2, 0.25) is 0 Å². The lowest BCUT2D eigenvalue weighted by atomic mass is 9.80. The minimum Gasteiger partial charge on any atom is -0.396 e. The molecule has 2 nitrogen and oxygen atoms in total. The molecule has 0 radical (unpaired) electrons. The van der Waals surface area contributed by atoms with Gasteiger partial charge in [-0.3, -0.25) is 0 Å². The van der Waals surface area contributed by atoms with Crippen molar-refractivity contribution < 1.29 is 10.2 Å². The van der Waals surface area contributed by atoms with E-state index in [-0.39, 0.29) is 12.0 Å². The second kappa shape index (κ2) is 5.29. The molecule has 1 aromatic rings. The molecule has 84 valence electrons. The smallest absolute Gasteiger partial charge is 0.0632 e. The van der Waals surface area contributed by atoms with E-state index in [4.69, 9.17) is 5.11 Å². The predicted molar refractivity (Wildman–Crippen MR) is 61.6 cm³/mol. The Balaban J connectivity index is 2.59. The van der Waals surface area contributed by atoms with Crippen LogP contribution in [0.4, 0.5) is 0 Å². The Morgan fingerprint density at radius 2 is 1.80 bits per heavy atom. The minimum absolute atomic E-state index is 0.124. The third kappa shape index (κ3) is 3.65. The monoisotopic (exact) mass is 208 g/mol. The van der Waals surface area contributed by atoms with Gasteiger partial charge in [0.1, 0.15) is 0 Å². The van der Waals surface area contributed by atoms with Gasteiger partial charge in [0, 0.05) is 6.61 Å². The van der Waals surface area contributed by atoms with E-state index in [1.807, 2.05) is 44.2 Å². The molecule has 1 atom stereocenters. The largest absolute Gasteiger partial charge is 0.396 e. The Bertz CT molecular complexity index is 280. The van der Waals surface area contributed by atoms with E-state index in [0.717, 1.165) is 5.56 Å². The first-order valence-corrected chi connectivity index (χ1v) is 5.39. The van der Waals surface area contributed by atoms with Crippen LogP contribution in [0.5, 0.6) is 0 Å². The van der Waals surface area contributed by atoms with E-state index in [1.54, 1.807) is 0 Å². The van der Waals surface area contributed by atoms with Gasteiger partial charge in [-0.2, -0.15) is 0 Å². The molecule has 0 aliphatic carbocycles. The summed E-state index contributed by atoms with van der Waals surface area (Å²) in [5.41, 5.74) is 0.904. The van der Waals surface area contributed by atoms with Crippen LogP contribution in [0.25, 0.3) is 0 Å². The maximum Gasteiger partial charge on any atom is 0.0632 e. The number of rotatable bonds is 5. The van der Waals surface area contributed by atoms with Gasteiger partial charge < -0.3 is 10.2 Å². The van der Waals surface area contributed by atoms with Crippen LogP contribution in [0.2, 0.25) is 0 Å². The SMILES string of the molecule is CC(C)(CCO)C(O)Cc1ccccc1. The van der Waals surface area contributed by atoms with Crippen molar-refractivity contribution in [1.29, 1.82) is 0 Å². The van der Waals surface area contributed by atoms with Gasteiger partial charge in [0.15, 0.2) is 0 Å². The molecular weight excluding hydrogens is 188 g/mol. The topological polar surface area (TPSA) is 40.5 Å². The summed E-state index contributed by atoms with van der Waals surface area (Å²) in [7, 11) is 0. The Labute approximate surface area is 91.6 Å². The third-order valence-electron chi connectivity index (χ3n) is 2.93. The van der Waals surface area contributed by atoms with E-state index in [1.165, 1.54) is 0 Å². The van der Waals surface area contributed by atoms with E-state index < -0.39 is 6.10 Å². The summed E-state index contributed by atoms with van der Waals surface area (Å²) in [6, 6.07) is 9.94. The molecule has 2 heteroatoms. The molecule has 0 heterocycles. The van der Waals surface area contributed by atoms with E-state index in [2.05, 4.69) is 0 Å². The predicted octanol–water partition coefficient (Wildman–Crippen LogP) is 2.00. The Kier molecular flexibility index (Phi) is 4.30. The van der Waals surface area contributed by atoms with Crippen LogP contribution < -0.4 is 0 Å². The highest BCUT2D eigenvalue weighted by atomic mass is 16.3. The molecule has 1 aromatic carbocycles. The first kappa shape index (κ1) is 12.2. The molecule has 0 amide bonds. The summed E-state index contributed by atoms with van der Waals surface area (Å²) < 4.78 is 0. The first-order valence-electron chi connectivity index (χ1n) is 5.39. The zero-order valence-corrected chi connectivity index (χ0v) is 9.48. The van der Waals surface area contributed by atoms with Crippen molar-refractivity contribution in [3.8, 4) is 0 Å². The lowest BCUT2D eigenvalue weighted by molar-refractivity contribution is 0.0322. The van der Waals surface area contributed by atoms with Crippen molar-refractivity contribution >= 4 is 0 Å². The van der Waals surface area contributed by atoms with Gasteiger partial charge in [-0.05, 0) is 23.8 Å². The first-order chi connectivity index (χ1) is 7.06. The van der Waals surface area contributed by atoms with Crippen LogP contribution in [0, 0.1) is 5.41 Å². The fourth-order valence-corrected chi connectivity index (χ4v) is 1.57. The molecule has 0 aliphatic heterocycles. The average Bonchev–Trinajstić information content (AvgIpc) is 2.19. The molecule has 2 N–H and O–H groups in total. The summed E-state index contributed by atoms with van der Waals surface area (Å²) in [5.74, 6) is 0. The summed E-state index contributed by atoms with van der Waals surface area (Å²) in [4.78, 5) is 0. The van der Waals surface area contributed by atoms with Gasteiger partial charge in [0.25, 0.3) is 0 Å². The van der Waals surface area contributed by atoms with Crippen molar-refractivity contribution in [2.45, 2.75) is 32.8 Å². The van der Waals surface area contributed by atoms with Crippen LogP contribution in [-0.2, 0) is 6.42 Å². The maximum absolute atomic E-state index is 10.1. The number of hydrogen-bond donors (Lipinski definition) is 2. The lowest BCUT2D eigenvalue weighted by Gasteiger charge is -2.30. The highest BCUT2D eigenvalue weighted by molar-refractivity contribution is 5.15. The van der Waals surface area contributed by atoms with Crippen molar-refractivity contribution in [2.75, 3.05) is 6.61 Å². The molecule has 0 saturated carbocycles. The van der Waals surface area contributed by atoms with Crippen LogP contribution in [0.1, 0.15) is 25.8 Å². The maximum atomic E-state index is 10.1. The number of aliphatic hydroxyl groups is 2. The summed E-state index contributed by atoms with van der Waals surface area (Å²) >= 11 is 0. The number of hydrogen-bond acceptors (Lipinski definition) is 2. The van der Waals surface area contributed by atoms with Crippen LogP contribution >= 0.6 is 0 Å². The van der Waals surface area contributed by atoms with Crippen molar-refractivity contribution in [3.63, 3.8) is 0 Å². The van der Waals surface area contributed by atoms with Crippen LogP contribution in [0.3, 0.4) is 0 Å². The van der Waals surface area contributed by atoms with Gasteiger partial charge in [0.05, 0.1) is 6.10 Å². The molecule has 0 bridgehead atoms. The zero-order chi connectivity index (χ0) is 11.3. The number of aliphatic hydroxyl groups excluding tert-OH is 2. The summed E-state index contributed by atoms with van der Waals surface area (Å²) in [6.07, 6.45) is 0.863. The van der Waals surface area contributed by atoms with Crippen molar-refractivity contribution in [2.24, 2.45) is 5.41 Å². The van der Waals surface area contributed by atoms with Gasteiger partial charge in [-0.1, -0.05) is 44.2 Å². The molecule has 0 fully saturated rings. The van der Waals surface area contributed by atoms with Gasteiger partial charge in [-0.15, -0.1) is 0 Å². The second-order valence-corrected chi connectivity index (χ2v) is 4.67. The van der Waals surface area contributed by atoms with E-state index in [0.29, 0.717) is 12.8 Å². The molecule has 0 aromatic heterocycles. The minimum atomic E-state index is -0.410. The summed E-state index contributed by atoms with van der Waals surface area (Å²) in [6.45, 7) is 4.09. The van der Waals surface area contributed by atoms with Gasteiger partial charge in [-0.25, -0.2) is 0 Å². The van der Waals surface area contributed by atoms with Crippen LogP contribution in [-0.4, -0.2) is 22.9 Å². The van der Waals surface area contributed by atoms with E-state index in [9.17, 15) is 5.11 Å². The highest BCUT2D eigenvalue weighted by Gasteiger charge is 2.27. The Morgan fingerprint density at radius 1 is 1.20 bits per heavy atom. The third-order valence-corrected chi connectivity index (χ3v) is 2.93. The molecule has 0 aliphatic rings. The van der Waals surface area contributed by atoms with E-state index >= 15 is 0 Å². The van der Waals surface area contributed by atoms with Gasteiger partial charge >= 0.3 is 0 Å². The zero-order valence-electron chi connectivity index (χ0n) is 9.48. The van der Waals surface area contributed by atoms with Crippen molar-refractivity contribution in [1.82, 2.24) is 0 Å². The molecule has 0 spiro atoms. The fraction of sp³-hybridized carbons (Fsp3) is 0.538. The average molecular weight is 208 g/mol. The molecule has 1 unspecified atom stereocenters. The molecule has 0 saturated heterocycles. The second-order valence-electron chi connectivity index (χ2n) is 4.67. The number of benzene rings is 1. The fourth-order valence-electron chi connectivity index (χ4n) is 1.57. The molecular formula is C13H20O2. The molecule has 1 rings (SSSR count). The van der Waals surface area contributed by atoms with Crippen LogP contribution in [0.15, 0.2) is 30.3 Å². The lowest BCUT2D eigenvalue weighted by Crippen LogP contribution is -2.32. The quantitative estimate of drug-likeness (QED) is 0.777. The molecule has 15 heavy (non-hydrogen) atoms. The van der Waals surface area contributed by atoms with Crippen molar-refractivity contribution in [3.05, 3.63) is 35.9 Å². The summed E-state index contributed by atoms with van der Waals surface area (Å²) in [5, 5.41) is 19.0. The Morgan fingerprint density at radius 3 is 2.33 bits per heavy atom. The Hall–Kier alpha value is -0.860.